The number of hydrogen-bond donors (Lipinski definition) is 3. The van der Waals surface area contributed by atoms with Crippen molar-refractivity contribution in [3.63, 3.8) is 0 Å². The molecule has 5 rings (SSSR count). The second-order valence-electron chi connectivity index (χ2n) is 14.7. The maximum Gasteiger partial charge on any atom is 0.310 e. The van der Waals surface area contributed by atoms with Crippen molar-refractivity contribution in [1.82, 2.24) is 0 Å². The average molecular weight is 473 g/mol. The summed E-state index contributed by atoms with van der Waals surface area (Å²) in [5.74, 6) is 0.0848. The van der Waals surface area contributed by atoms with Crippen LogP contribution < -0.4 is 0 Å². The number of aliphatic hydroxyl groups is 2. The van der Waals surface area contributed by atoms with Crippen LogP contribution in [0.1, 0.15) is 106 Å². The van der Waals surface area contributed by atoms with Gasteiger partial charge in [-0.05, 0) is 104 Å². The van der Waals surface area contributed by atoms with Crippen LogP contribution in [-0.2, 0) is 4.79 Å². The van der Waals surface area contributed by atoms with Crippen molar-refractivity contribution < 1.29 is 20.1 Å². The Kier molecular flexibility index (Phi) is 5.20. The van der Waals surface area contributed by atoms with Gasteiger partial charge < -0.3 is 15.3 Å². The molecule has 0 saturated heterocycles. The summed E-state index contributed by atoms with van der Waals surface area (Å²) in [6.45, 7) is 16.0. The molecule has 192 valence electrons. The average Bonchev–Trinajstić information content (AvgIpc) is 2.74. The lowest BCUT2D eigenvalue weighted by Gasteiger charge is -2.71. The maximum absolute atomic E-state index is 12.8. The quantitative estimate of drug-likeness (QED) is 0.397. The third kappa shape index (κ3) is 2.71. The zero-order valence-corrected chi connectivity index (χ0v) is 22.6. The first-order valence-electron chi connectivity index (χ1n) is 13.9. The van der Waals surface area contributed by atoms with Crippen molar-refractivity contribution in [2.75, 3.05) is 0 Å². The maximum atomic E-state index is 12.8. The molecule has 4 heteroatoms. The van der Waals surface area contributed by atoms with Crippen LogP contribution in [0.15, 0.2) is 11.6 Å². The summed E-state index contributed by atoms with van der Waals surface area (Å²) < 4.78 is 0. The predicted octanol–water partition coefficient (Wildman–Crippen LogP) is 6.20. The van der Waals surface area contributed by atoms with Gasteiger partial charge in [0, 0.05) is 5.92 Å². The summed E-state index contributed by atoms with van der Waals surface area (Å²) in [5.41, 5.74) is -0.532. The highest BCUT2D eigenvalue weighted by Crippen LogP contribution is 2.76. The molecular formula is C30H48O4. The van der Waals surface area contributed by atoms with Gasteiger partial charge in [-0.1, -0.05) is 53.2 Å². The van der Waals surface area contributed by atoms with E-state index in [0.29, 0.717) is 24.7 Å². The molecule has 0 heterocycles. The molecule has 0 bridgehead atoms. The molecule has 0 spiro atoms. The topological polar surface area (TPSA) is 77.8 Å². The number of aliphatic carboxylic acids is 1. The molecule has 0 aromatic heterocycles. The second-order valence-corrected chi connectivity index (χ2v) is 14.7. The third-order valence-electron chi connectivity index (χ3n) is 13.5. The van der Waals surface area contributed by atoms with E-state index in [9.17, 15) is 20.1 Å². The largest absolute Gasteiger partial charge is 0.481 e. The van der Waals surface area contributed by atoms with E-state index >= 15 is 0 Å². The predicted molar refractivity (Wildman–Crippen MR) is 134 cm³/mol. The van der Waals surface area contributed by atoms with Gasteiger partial charge in [-0.3, -0.25) is 4.79 Å². The standard InChI is InChI=1S/C30H48O4/c1-18-10-15-30(24(32)33)17-16-27(5)19(23(30)29(18,7)34)8-9-21-26(4)13-12-22(31)25(2,3)20(26)11-14-28(21,27)6/h8,18,20-23,31,34H,9-17H2,1-7H3,(H,32,33)/t18-,20+,21-,22?,23-,26+,27-,28-,29-,30+/m1/s1. The van der Waals surface area contributed by atoms with E-state index < -0.39 is 17.0 Å². The minimum absolute atomic E-state index is 0.0716. The molecule has 3 N–H and O–H groups in total. The minimum Gasteiger partial charge on any atom is -0.481 e. The molecular weight excluding hydrogens is 424 g/mol. The third-order valence-corrected chi connectivity index (χ3v) is 13.5. The van der Waals surface area contributed by atoms with Gasteiger partial charge in [-0.25, -0.2) is 0 Å². The monoisotopic (exact) mass is 472 g/mol. The molecule has 0 amide bonds. The SMILES string of the molecule is C[C@@H]1CC[C@]2(C(=O)O)CC[C@]3(C)C(=CC[C@@H]4[C@@]5(C)CCC(O)C(C)(C)[C@@H]5CC[C@]43C)[C@@H]2[C@]1(C)O. The van der Waals surface area contributed by atoms with Gasteiger partial charge in [0.25, 0.3) is 0 Å². The molecule has 0 aromatic rings. The van der Waals surface area contributed by atoms with Crippen LogP contribution in [0.5, 0.6) is 0 Å². The van der Waals surface area contributed by atoms with Gasteiger partial charge in [0.2, 0.25) is 0 Å². The van der Waals surface area contributed by atoms with Crippen molar-refractivity contribution in [2.24, 2.45) is 50.7 Å². The van der Waals surface area contributed by atoms with E-state index in [1.165, 1.54) is 5.57 Å². The number of carbonyl (C=O) groups is 1. The molecule has 34 heavy (non-hydrogen) atoms. The first-order chi connectivity index (χ1) is 15.6. The normalized spacial score (nSPS) is 56.3. The van der Waals surface area contributed by atoms with E-state index in [2.05, 4.69) is 47.6 Å². The van der Waals surface area contributed by atoms with Crippen LogP contribution in [0.4, 0.5) is 0 Å². The number of rotatable bonds is 1. The number of allylic oxidation sites excluding steroid dienone is 1. The Balaban J connectivity index is 1.64. The molecule has 0 aliphatic heterocycles. The van der Waals surface area contributed by atoms with Gasteiger partial charge in [0.05, 0.1) is 17.1 Å². The lowest BCUT2D eigenvalue weighted by molar-refractivity contribution is -0.217. The van der Waals surface area contributed by atoms with Crippen molar-refractivity contribution in [3.8, 4) is 0 Å². The molecule has 5 aliphatic rings. The molecule has 0 aromatic carbocycles. The second kappa shape index (κ2) is 7.12. The van der Waals surface area contributed by atoms with E-state index in [-0.39, 0.29) is 39.6 Å². The summed E-state index contributed by atoms with van der Waals surface area (Å²) in [4.78, 5) is 12.8. The fourth-order valence-corrected chi connectivity index (χ4v) is 10.8. The number of carboxylic acid groups (broad SMARTS) is 1. The molecule has 1 unspecified atom stereocenters. The zero-order chi connectivity index (χ0) is 25.1. The highest BCUT2D eigenvalue weighted by Gasteiger charge is 2.71. The van der Waals surface area contributed by atoms with Crippen molar-refractivity contribution in [2.45, 2.75) is 118 Å². The lowest BCUT2D eigenvalue weighted by Crippen LogP contribution is -2.67. The van der Waals surface area contributed by atoms with Gasteiger partial charge in [0.15, 0.2) is 0 Å². The first kappa shape index (κ1) is 24.8. The number of carboxylic acids is 1. The van der Waals surface area contributed by atoms with Crippen LogP contribution in [0.25, 0.3) is 0 Å². The highest BCUT2D eigenvalue weighted by atomic mass is 16.4. The Morgan fingerprint density at radius 3 is 2.24 bits per heavy atom. The Bertz CT molecular complexity index is 919. The van der Waals surface area contributed by atoms with E-state index in [1.807, 2.05) is 6.92 Å². The van der Waals surface area contributed by atoms with Crippen molar-refractivity contribution >= 4 is 5.97 Å². The molecule has 4 saturated carbocycles. The summed E-state index contributed by atoms with van der Waals surface area (Å²) >= 11 is 0. The first-order valence-corrected chi connectivity index (χ1v) is 13.9. The Morgan fingerprint density at radius 1 is 0.912 bits per heavy atom. The van der Waals surface area contributed by atoms with Crippen LogP contribution in [0.2, 0.25) is 0 Å². The summed E-state index contributed by atoms with van der Waals surface area (Å²) in [6, 6.07) is 0. The Labute approximate surface area is 206 Å². The number of fused-ring (bicyclic) bond motifs is 7. The smallest absolute Gasteiger partial charge is 0.310 e. The van der Waals surface area contributed by atoms with Gasteiger partial charge >= 0.3 is 5.97 Å². The fraction of sp³-hybridized carbons (Fsp3) is 0.900. The van der Waals surface area contributed by atoms with Crippen molar-refractivity contribution in [1.29, 1.82) is 0 Å². The summed E-state index contributed by atoms with van der Waals surface area (Å²) in [7, 11) is 0. The Morgan fingerprint density at radius 2 is 1.59 bits per heavy atom. The molecule has 4 nitrogen and oxygen atoms in total. The minimum atomic E-state index is -1.01. The molecule has 5 aliphatic carbocycles. The highest BCUT2D eigenvalue weighted by molar-refractivity contribution is 5.77. The van der Waals surface area contributed by atoms with Crippen LogP contribution >= 0.6 is 0 Å². The van der Waals surface area contributed by atoms with E-state index in [0.717, 1.165) is 44.9 Å². The van der Waals surface area contributed by atoms with E-state index in [1.54, 1.807) is 0 Å². The van der Waals surface area contributed by atoms with Gasteiger partial charge in [-0.2, -0.15) is 0 Å². The number of aliphatic hydroxyl groups excluding tert-OH is 1. The molecule has 10 atom stereocenters. The van der Waals surface area contributed by atoms with Crippen LogP contribution in [0, 0.1) is 50.7 Å². The fourth-order valence-electron chi connectivity index (χ4n) is 10.8. The van der Waals surface area contributed by atoms with Crippen LogP contribution in [-0.4, -0.2) is 33.0 Å². The van der Waals surface area contributed by atoms with Gasteiger partial charge in [0.1, 0.15) is 0 Å². The van der Waals surface area contributed by atoms with Crippen LogP contribution in [0.3, 0.4) is 0 Å². The van der Waals surface area contributed by atoms with Gasteiger partial charge in [-0.15, -0.1) is 0 Å². The lowest BCUT2D eigenvalue weighted by atomic mass is 9.33. The van der Waals surface area contributed by atoms with E-state index in [4.69, 9.17) is 0 Å². The number of hydrogen-bond acceptors (Lipinski definition) is 3. The Hall–Kier alpha value is -0.870. The summed E-state index contributed by atoms with van der Waals surface area (Å²) in [6.07, 6.45) is 10.3. The van der Waals surface area contributed by atoms with Crippen molar-refractivity contribution in [3.05, 3.63) is 11.6 Å². The zero-order valence-electron chi connectivity index (χ0n) is 22.6. The molecule has 0 radical (unpaired) electrons. The summed E-state index contributed by atoms with van der Waals surface area (Å²) in [5, 5.41) is 33.3. The molecule has 4 fully saturated rings.